The lowest BCUT2D eigenvalue weighted by molar-refractivity contribution is 0.0484. The van der Waals surface area contributed by atoms with Crippen LogP contribution in [0.25, 0.3) is 0 Å². The van der Waals surface area contributed by atoms with Crippen LogP contribution >= 0.6 is 0 Å². The third-order valence-corrected chi connectivity index (χ3v) is 1.47. The maximum absolute atomic E-state index is 11.3. The van der Waals surface area contributed by atoms with Gasteiger partial charge in [0.25, 0.3) is 0 Å². The van der Waals surface area contributed by atoms with Gasteiger partial charge in [0.1, 0.15) is 5.60 Å². The van der Waals surface area contributed by atoms with Gasteiger partial charge in [0.2, 0.25) is 0 Å². The van der Waals surface area contributed by atoms with Crippen molar-refractivity contribution in [2.24, 2.45) is 0 Å². The maximum Gasteiger partial charge on any atom is 0.407 e. The molecule has 0 aliphatic carbocycles. The fourth-order valence-corrected chi connectivity index (χ4v) is 0.861. The SMILES string of the molecule is CC#CC[C@H](CO)NC(=O)OC(C)(C)C. The summed E-state index contributed by atoms with van der Waals surface area (Å²) >= 11 is 0. The summed E-state index contributed by atoms with van der Waals surface area (Å²) in [6, 6.07) is -0.368. The first kappa shape index (κ1) is 13.8. The van der Waals surface area contributed by atoms with E-state index in [0.717, 1.165) is 0 Å². The monoisotopic (exact) mass is 213 g/mol. The summed E-state index contributed by atoms with van der Waals surface area (Å²) in [7, 11) is 0. The Morgan fingerprint density at radius 3 is 2.53 bits per heavy atom. The number of carbonyl (C=O) groups is 1. The Kier molecular flexibility index (Phi) is 5.80. The van der Waals surface area contributed by atoms with Crippen molar-refractivity contribution in [3.05, 3.63) is 0 Å². The predicted molar refractivity (Wildman–Crippen MR) is 58.3 cm³/mol. The van der Waals surface area contributed by atoms with E-state index in [1.165, 1.54) is 0 Å². The molecule has 4 nitrogen and oxygen atoms in total. The molecule has 15 heavy (non-hydrogen) atoms. The highest BCUT2D eigenvalue weighted by molar-refractivity contribution is 5.68. The number of nitrogens with one attached hydrogen (secondary N) is 1. The average Bonchev–Trinajstić information content (AvgIpc) is 2.09. The first-order valence-corrected chi connectivity index (χ1v) is 4.89. The molecule has 0 radical (unpaired) electrons. The predicted octanol–water partition coefficient (Wildman–Crippen LogP) is 1.29. The number of aliphatic hydroxyl groups excluding tert-OH is 1. The lowest BCUT2D eigenvalue weighted by Crippen LogP contribution is -2.40. The third kappa shape index (κ3) is 7.83. The molecule has 0 unspecified atom stereocenters. The van der Waals surface area contributed by atoms with Crippen LogP contribution in [-0.4, -0.2) is 29.4 Å². The first-order valence-electron chi connectivity index (χ1n) is 4.89. The zero-order chi connectivity index (χ0) is 11.9. The van der Waals surface area contributed by atoms with Crippen molar-refractivity contribution in [3.8, 4) is 11.8 Å². The van der Waals surface area contributed by atoms with Crippen molar-refractivity contribution in [2.75, 3.05) is 6.61 Å². The van der Waals surface area contributed by atoms with Gasteiger partial charge in [-0.25, -0.2) is 4.79 Å². The molecule has 0 saturated heterocycles. The van der Waals surface area contributed by atoms with Crippen LogP contribution in [0.3, 0.4) is 0 Å². The minimum Gasteiger partial charge on any atom is -0.444 e. The average molecular weight is 213 g/mol. The molecular formula is C11H19NO3. The van der Waals surface area contributed by atoms with E-state index in [4.69, 9.17) is 9.84 Å². The second-order valence-corrected chi connectivity index (χ2v) is 4.16. The number of aliphatic hydroxyl groups is 1. The first-order chi connectivity index (χ1) is 6.89. The zero-order valence-electron chi connectivity index (χ0n) is 9.76. The smallest absolute Gasteiger partial charge is 0.407 e. The van der Waals surface area contributed by atoms with Crippen molar-refractivity contribution >= 4 is 6.09 Å². The summed E-state index contributed by atoms with van der Waals surface area (Å²) in [4.78, 5) is 11.3. The Morgan fingerprint density at radius 1 is 1.53 bits per heavy atom. The Balaban J connectivity index is 4.05. The molecule has 0 bridgehead atoms. The molecule has 0 aromatic heterocycles. The van der Waals surface area contributed by atoms with Crippen molar-refractivity contribution in [2.45, 2.75) is 45.8 Å². The van der Waals surface area contributed by atoms with Gasteiger partial charge < -0.3 is 15.2 Å². The highest BCUT2D eigenvalue weighted by Crippen LogP contribution is 2.06. The van der Waals surface area contributed by atoms with Gasteiger partial charge in [-0.1, -0.05) is 0 Å². The van der Waals surface area contributed by atoms with Crippen LogP contribution < -0.4 is 5.32 Å². The number of ether oxygens (including phenoxy) is 1. The fourth-order valence-electron chi connectivity index (χ4n) is 0.861. The summed E-state index contributed by atoms with van der Waals surface area (Å²) < 4.78 is 5.04. The van der Waals surface area contributed by atoms with Gasteiger partial charge in [0, 0.05) is 6.42 Å². The van der Waals surface area contributed by atoms with Gasteiger partial charge in [-0.3, -0.25) is 0 Å². The minimum absolute atomic E-state index is 0.145. The second-order valence-electron chi connectivity index (χ2n) is 4.16. The Morgan fingerprint density at radius 2 is 2.13 bits per heavy atom. The van der Waals surface area contributed by atoms with Crippen LogP contribution in [0.15, 0.2) is 0 Å². The van der Waals surface area contributed by atoms with E-state index in [-0.39, 0.29) is 12.6 Å². The molecule has 0 saturated carbocycles. The molecular weight excluding hydrogens is 194 g/mol. The van der Waals surface area contributed by atoms with Crippen molar-refractivity contribution in [1.29, 1.82) is 0 Å². The maximum atomic E-state index is 11.3. The number of hydrogen-bond donors (Lipinski definition) is 2. The molecule has 4 heteroatoms. The van der Waals surface area contributed by atoms with Gasteiger partial charge in [0.15, 0.2) is 0 Å². The number of hydrogen-bond acceptors (Lipinski definition) is 3. The molecule has 0 heterocycles. The second kappa shape index (κ2) is 6.31. The van der Waals surface area contributed by atoms with Crippen molar-refractivity contribution < 1.29 is 14.6 Å². The summed E-state index contributed by atoms with van der Waals surface area (Å²) in [5.74, 6) is 5.49. The molecule has 0 aromatic carbocycles. The number of carbonyl (C=O) groups excluding carboxylic acids is 1. The molecule has 0 fully saturated rings. The van der Waals surface area contributed by atoms with Crippen LogP contribution in [0.2, 0.25) is 0 Å². The van der Waals surface area contributed by atoms with Gasteiger partial charge in [0.05, 0.1) is 12.6 Å². The lowest BCUT2D eigenvalue weighted by atomic mass is 10.2. The van der Waals surface area contributed by atoms with Gasteiger partial charge in [-0.05, 0) is 27.7 Å². The molecule has 0 aliphatic heterocycles. The Labute approximate surface area is 91.0 Å². The van der Waals surface area contributed by atoms with Crippen molar-refractivity contribution in [3.63, 3.8) is 0 Å². The largest absolute Gasteiger partial charge is 0.444 e. The summed E-state index contributed by atoms with van der Waals surface area (Å²) in [6.45, 7) is 6.92. The van der Waals surface area contributed by atoms with E-state index in [9.17, 15) is 4.79 Å². The zero-order valence-corrected chi connectivity index (χ0v) is 9.76. The van der Waals surface area contributed by atoms with E-state index >= 15 is 0 Å². The molecule has 0 rings (SSSR count). The van der Waals surface area contributed by atoms with Gasteiger partial charge in [-0.2, -0.15) is 0 Å². The van der Waals surface area contributed by atoms with Gasteiger partial charge >= 0.3 is 6.09 Å². The number of alkyl carbamates (subject to hydrolysis) is 1. The topological polar surface area (TPSA) is 58.6 Å². The minimum atomic E-state index is -0.528. The van der Waals surface area contributed by atoms with Gasteiger partial charge in [-0.15, -0.1) is 11.8 Å². The summed E-state index contributed by atoms with van der Waals surface area (Å²) in [5, 5.41) is 11.5. The Bertz CT molecular complexity index is 257. The molecule has 86 valence electrons. The molecule has 0 aliphatic rings. The molecule has 1 amide bonds. The lowest BCUT2D eigenvalue weighted by Gasteiger charge is -2.21. The van der Waals surface area contributed by atoms with Crippen LogP contribution in [-0.2, 0) is 4.74 Å². The van der Waals surface area contributed by atoms with E-state index in [1.807, 2.05) is 0 Å². The molecule has 1 atom stereocenters. The van der Waals surface area contributed by atoms with Crippen LogP contribution in [0.5, 0.6) is 0 Å². The summed E-state index contributed by atoms with van der Waals surface area (Å²) in [6.07, 6.45) is -0.105. The van der Waals surface area contributed by atoms with E-state index in [0.29, 0.717) is 6.42 Å². The molecule has 2 N–H and O–H groups in total. The highest BCUT2D eigenvalue weighted by Gasteiger charge is 2.18. The van der Waals surface area contributed by atoms with E-state index < -0.39 is 11.7 Å². The number of amides is 1. The Hall–Kier alpha value is -1.21. The quantitative estimate of drug-likeness (QED) is 0.694. The van der Waals surface area contributed by atoms with Crippen molar-refractivity contribution in [1.82, 2.24) is 5.32 Å². The highest BCUT2D eigenvalue weighted by atomic mass is 16.6. The molecule has 0 spiro atoms. The normalized spacial score (nSPS) is 12.3. The molecule has 0 aromatic rings. The van der Waals surface area contributed by atoms with E-state index in [1.54, 1.807) is 27.7 Å². The van der Waals surface area contributed by atoms with Crippen LogP contribution in [0.4, 0.5) is 4.79 Å². The van der Waals surface area contributed by atoms with Crippen LogP contribution in [0, 0.1) is 11.8 Å². The summed E-state index contributed by atoms with van der Waals surface area (Å²) in [5.41, 5.74) is -0.527. The fraction of sp³-hybridized carbons (Fsp3) is 0.727. The van der Waals surface area contributed by atoms with E-state index in [2.05, 4.69) is 17.2 Å². The third-order valence-electron chi connectivity index (χ3n) is 1.47. The van der Waals surface area contributed by atoms with Crippen LogP contribution in [0.1, 0.15) is 34.1 Å². The standard InChI is InChI=1S/C11H19NO3/c1-5-6-7-9(8-13)12-10(14)15-11(2,3)4/h9,13H,7-8H2,1-4H3,(H,12,14)/t9-/m1/s1. The number of rotatable bonds is 3.